The fourth-order valence-corrected chi connectivity index (χ4v) is 2.44. The van der Waals surface area contributed by atoms with Gasteiger partial charge in [0, 0.05) is 11.7 Å². The molecule has 1 aromatic carbocycles. The van der Waals surface area contributed by atoms with Gasteiger partial charge in [0.1, 0.15) is 11.5 Å². The number of aryl methyl sites for hydroxylation is 1. The zero-order valence-corrected chi connectivity index (χ0v) is 12.3. The van der Waals surface area contributed by atoms with Gasteiger partial charge >= 0.3 is 0 Å². The van der Waals surface area contributed by atoms with Gasteiger partial charge in [-0.1, -0.05) is 12.1 Å². The van der Waals surface area contributed by atoms with Crippen LogP contribution in [-0.2, 0) is 0 Å². The SMILES string of the molecule is Cc1cc(C(=O)N(CC(O)c2ccc(F)cc2)C2CC2)n[nH]1. The van der Waals surface area contributed by atoms with E-state index in [4.69, 9.17) is 0 Å². The van der Waals surface area contributed by atoms with Crippen molar-refractivity contribution in [1.29, 1.82) is 0 Å². The summed E-state index contributed by atoms with van der Waals surface area (Å²) >= 11 is 0. The van der Waals surface area contributed by atoms with Crippen LogP contribution < -0.4 is 0 Å². The fourth-order valence-electron chi connectivity index (χ4n) is 2.44. The first-order chi connectivity index (χ1) is 10.5. The summed E-state index contributed by atoms with van der Waals surface area (Å²) < 4.78 is 12.9. The van der Waals surface area contributed by atoms with Crippen LogP contribution in [0.15, 0.2) is 30.3 Å². The van der Waals surface area contributed by atoms with E-state index in [2.05, 4.69) is 10.2 Å². The summed E-state index contributed by atoms with van der Waals surface area (Å²) in [5, 5.41) is 17.1. The molecule has 1 unspecified atom stereocenters. The van der Waals surface area contributed by atoms with E-state index in [1.54, 1.807) is 11.0 Å². The Labute approximate surface area is 127 Å². The average Bonchev–Trinajstić information content (AvgIpc) is 3.25. The van der Waals surface area contributed by atoms with Crippen LogP contribution in [0.3, 0.4) is 0 Å². The summed E-state index contributed by atoms with van der Waals surface area (Å²) in [7, 11) is 0. The number of nitrogens with one attached hydrogen (secondary N) is 1. The van der Waals surface area contributed by atoms with Gasteiger partial charge < -0.3 is 10.0 Å². The number of aromatic nitrogens is 2. The molecule has 0 spiro atoms. The lowest BCUT2D eigenvalue weighted by Crippen LogP contribution is -2.36. The third kappa shape index (κ3) is 3.17. The number of aliphatic hydroxyl groups excluding tert-OH is 1. The zero-order valence-electron chi connectivity index (χ0n) is 12.3. The molecule has 0 saturated heterocycles. The minimum atomic E-state index is -0.842. The summed E-state index contributed by atoms with van der Waals surface area (Å²) in [6, 6.07) is 7.53. The van der Waals surface area contributed by atoms with Gasteiger partial charge in [0.2, 0.25) is 0 Å². The first kappa shape index (κ1) is 14.7. The van der Waals surface area contributed by atoms with Crippen LogP contribution >= 0.6 is 0 Å². The Morgan fingerprint density at radius 1 is 1.45 bits per heavy atom. The van der Waals surface area contributed by atoms with Gasteiger partial charge in [-0.3, -0.25) is 9.89 Å². The van der Waals surface area contributed by atoms with Crippen molar-refractivity contribution in [2.24, 2.45) is 0 Å². The molecule has 22 heavy (non-hydrogen) atoms. The monoisotopic (exact) mass is 303 g/mol. The zero-order chi connectivity index (χ0) is 15.7. The molecule has 1 aromatic heterocycles. The highest BCUT2D eigenvalue weighted by atomic mass is 19.1. The lowest BCUT2D eigenvalue weighted by atomic mass is 10.1. The predicted octanol–water partition coefficient (Wildman–Crippen LogP) is 2.20. The number of hydrogen-bond acceptors (Lipinski definition) is 3. The van der Waals surface area contributed by atoms with E-state index in [-0.39, 0.29) is 24.3 Å². The molecule has 0 bridgehead atoms. The molecule has 6 heteroatoms. The molecule has 2 N–H and O–H groups in total. The number of amides is 1. The lowest BCUT2D eigenvalue weighted by molar-refractivity contribution is 0.0597. The second-order valence-corrected chi connectivity index (χ2v) is 5.69. The number of benzene rings is 1. The Morgan fingerprint density at radius 3 is 2.68 bits per heavy atom. The Bertz CT molecular complexity index is 664. The summed E-state index contributed by atoms with van der Waals surface area (Å²) in [4.78, 5) is 14.2. The maximum absolute atomic E-state index is 12.9. The number of carbonyl (C=O) groups is 1. The molecule has 1 heterocycles. The van der Waals surface area contributed by atoms with Gasteiger partial charge in [-0.2, -0.15) is 5.10 Å². The maximum atomic E-state index is 12.9. The van der Waals surface area contributed by atoms with Gasteiger partial charge in [-0.05, 0) is 43.5 Å². The predicted molar refractivity (Wildman–Crippen MR) is 78.7 cm³/mol. The van der Waals surface area contributed by atoms with Crippen molar-refractivity contribution in [1.82, 2.24) is 15.1 Å². The minimum absolute atomic E-state index is 0.152. The van der Waals surface area contributed by atoms with Crippen molar-refractivity contribution >= 4 is 5.91 Å². The Morgan fingerprint density at radius 2 is 2.14 bits per heavy atom. The highest BCUT2D eigenvalue weighted by molar-refractivity contribution is 5.92. The van der Waals surface area contributed by atoms with Gasteiger partial charge in [-0.15, -0.1) is 0 Å². The molecular formula is C16H18FN3O2. The Kier molecular flexibility index (Phi) is 3.94. The van der Waals surface area contributed by atoms with Crippen molar-refractivity contribution in [2.75, 3.05) is 6.54 Å². The number of hydrogen-bond donors (Lipinski definition) is 2. The topological polar surface area (TPSA) is 69.2 Å². The van der Waals surface area contributed by atoms with Crippen LogP contribution in [-0.4, -0.2) is 38.7 Å². The van der Waals surface area contributed by atoms with Crippen LogP contribution in [0.2, 0.25) is 0 Å². The fraction of sp³-hybridized carbons (Fsp3) is 0.375. The highest BCUT2D eigenvalue weighted by Gasteiger charge is 2.35. The van der Waals surface area contributed by atoms with Crippen molar-refractivity contribution in [3.8, 4) is 0 Å². The van der Waals surface area contributed by atoms with E-state index < -0.39 is 6.10 Å². The molecule has 1 aliphatic carbocycles. The molecule has 116 valence electrons. The van der Waals surface area contributed by atoms with E-state index in [1.807, 2.05) is 6.92 Å². The van der Waals surface area contributed by atoms with Crippen molar-refractivity contribution < 1.29 is 14.3 Å². The van der Waals surface area contributed by atoms with Gasteiger partial charge in [0.05, 0.1) is 12.6 Å². The van der Waals surface area contributed by atoms with Crippen molar-refractivity contribution in [2.45, 2.75) is 31.9 Å². The van der Waals surface area contributed by atoms with Gasteiger partial charge in [0.15, 0.2) is 0 Å². The first-order valence-corrected chi connectivity index (χ1v) is 7.31. The number of halogens is 1. The number of aromatic amines is 1. The summed E-state index contributed by atoms with van der Waals surface area (Å²) in [6.45, 7) is 2.01. The van der Waals surface area contributed by atoms with Crippen molar-refractivity contribution in [3.63, 3.8) is 0 Å². The number of H-pyrrole nitrogens is 1. The summed E-state index contributed by atoms with van der Waals surface area (Å²) in [5.41, 5.74) is 1.77. The first-order valence-electron chi connectivity index (χ1n) is 7.31. The molecular weight excluding hydrogens is 285 g/mol. The Balaban J connectivity index is 1.74. The summed E-state index contributed by atoms with van der Waals surface area (Å²) in [5.74, 6) is -0.536. The second-order valence-electron chi connectivity index (χ2n) is 5.69. The number of rotatable bonds is 5. The number of aliphatic hydroxyl groups is 1. The van der Waals surface area contributed by atoms with Crippen molar-refractivity contribution in [3.05, 3.63) is 53.1 Å². The molecule has 2 aromatic rings. The van der Waals surface area contributed by atoms with Crippen LogP contribution in [0.4, 0.5) is 4.39 Å². The third-order valence-electron chi connectivity index (χ3n) is 3.80. The number of carbonyl (C=O) groups excluding carboxylic acids is 1. The number of nitrogens with zero attached hydrogens (tertiary/aromatic N) is 2. The molecule has 5 nitrogen and oxygen atoms in total. The van der Waals surface area contributed by atoms with E-state index >= 15 is 0 Å². The molecule has 1 aliphatic rings. The standard InChI is InChI=1S/C16H18FN3O2/c1-10-8-14(19-18-10)16(22)20(13-6-7-13)9-15(21)11-2-4-12(17)5-3-11/h2-5,8,13,15,21H,6-7,9H2,1H3,(H,18,19). The van der Waals surface area contributed by atoms with Gasteiger partial charge in [-0.25, -0.2) is 4.39 Å². The second kappa shape index (κ2) is 5.88. The quantitative estimate of drug-likeness (QED) is 0.889. The lowest BCUT2D eigenvalue weighted by Gasteiger charge is -2.24. The van der Waals surface area contributed by atoms with Crippen LogP contribution in [0.5, 0.6) is 0 Å². The van der Waals surface area contributed by atoms with E-state index in [1.165, 1.54) is 24.3 Å². The van der Waals surface area contributed by atoms with E-state index in [0.717, 1.165) is 18.5 Å². The van der Waals surface area contributed by atoms with Crippen LogP contribution in [0.25, 0.3) is 0 Å². The van der Waals surface area contributed by atoms with E-state index in [0.29, 0.717) is 11.3 Å². The largest absolute Gasteiger partial charge is 0.387 e. The maximum Gasteiger partial charge on any atom is 0.274 e. The summed E-state index contributed by atoms with van der Waals surface area (Å²) in [6.07, 6.45) is 1.03. The molecule has 3 rings (SSSR count). The van der Waals surface area contributed by atoms with Crippen LogP contribution in [0.1, 0.15) is 40.7 Å². The van der Waals surface area contributed by atoms with E-state index in [9.17, 15) is 14.3 Å². The molecule has 1 atom stereocenters. The van der Waals surface area contributed by atoms with Crippen LogP contribution in [0, 0.1) is 12.7 Å². The molecule has 1 fully saturated rings. The molecule has 0 radical (unpaired) electrons. The average molecular weight is 303 g/mol. The molecule has 1 saturated carbocycles. The molecule has 0 aliphatic heterocycles. The smallest absolute Gasteiger partial charge is 0.274 e. The third-order valence-corrected chi connectivity index (χ3v) is 3.80. The highest BCUT2D eigenvalue weighted by Crippen LogP contribution is 2.30. The normalized spacial score (nSPS) is 15.6. The van der Waals surface area contributed by atoms with Gasteiger partial charge in [0.25, 0.3) is 5.91 Å². The minimum Gasteiger partial charge on any atom is -0.387 e. The Hall–Kier alpha value is -2.21. The molecule has 1 amide bonds.